The molecular formula is C10H17F3N4O. The lowest BCUT2D eigenvalue weighted by Crippen LogP contribution is -2.19. The molecular weight excluding hydrogens is 249 g/mol. The molecule has 1 aromatic rings. The summed E-state index contributed by atoms with van der Waals surface area (Å²) in [6, 6.07) is -0.181. The Bertz CT molecular complexity index is 353. The standard InChI is InChI=1S/C10H17F3N4O/c1-2-3-8(14)9-6-17(16-15-9)4-5-18-7-10(11,12)13/h6,8H,2-5,7,14H2,1H3. The van der Waals surface area contributed by atoms with Crippen molar-refractivity contribution in [1.29, 1.82) is 0 Å². The van der Waals surface area contributed by atoms with Gasteiger partial charge >= 0.3 is 6.18 Å². The monoisotopic (exact) mass is 266 g/mol. The Hall–Kier alpha value is -1.15. The van der Waals surface area contributed by atoms with Gasteiger partial charge in [0.25, 0.3) is 0 Å². The van der Waals surface area contributed by atoms with Crippen molar-refractivity contribution in [2.24, 2.45) is 5.73 Å². The molecule has 0 aliphatic carbocycles. The Morgan fingerprint density at radius 2 is 2.22 bits per heavy atom. The van der Waals surface area contributed by atoms with E-state index in [1.807, 2.05) is 6.92 Å². The minimum absolute atomic E-state index is 0.0642. The van der Waals surface area contributed by atoms with Crippen LogP contribution in [0.5, 0.6) is 0 Å². The minimum Gasteiger partial charge on any atom is -0.370 e. The third kappa shape index (κ3) is 5.46. The molecule has 0 bridgehead atoms. The fraction of sp³-hybridized carbons (Fsp3) is 0.800. The molecule has 0 saturated carbocycles. The number of nitrogens with two attached hydrogens (primary N) is 1. The molecule has 104 valence electrons. The van der Waals surface area contributed by atoms with Gasteiger partial charge in [0.05, 0.1) is 31.1 Å². The molecule has 1 rings (SSSR count). The number of alkyl halides is 3. The smallest absolute Gasteiger partial charge is 0.370 e. The molecule has 1 atom stereocenters. The van der Waals surface area contributed by atoms with Crippen molar-refractivity contribution in [2.45, 2.75) is 38.5 Å². The fourth-order valence-corrected chi connectivity index (χ4v) is 1.40. The summed E-state index contributed by atoms with van der Waals surface area (Å²) in [5.74, 6) is 0. The maximum atomic E-state index is 11.8. The summed E-state index contributed by atoms with van der Waals surface area (Å²) in [7, 11) is 0. The van der Waals surface area contributed by atoms with Crippen LogP contribution in [0.3, 0.4) is 0 Å². The number of nitrogens with zero attached hydrogens (tertiary/aromatic N) is 3. The van der Waals surface area contributed by atoms with E-state index in [4.69, 9.17) is 5.73 Å². The maximum Gasteiger partial charge on any atom is 0.411 e. The van der Waals surface area contributed by atoms with E-state index < -0.39 is 12.8 Å². The molecule has 1 aromatic heterocycles. The predicted molar refractivity (Wildman–Crippen MR) is 58.7 cm³/mol. The summed E-state index contributed by atoms with van der Waals surface area (Å²) < 4.78 is 41.3. The van der Waals surface area contributed by atoms with Gasteiger partial charge in [-0.25, -0.2) is 4.68 Å². The molecule has 0 aliphatic heterocycles. The lowest BCUT2D eigenvalue weighted by molar-refractivity contribution is -0.174. The number of halogens is 3. The second kappa shape index (κ2) is 6.69. The van der Waals surface area contributed by atoms with Crippen molar-refractivity contribution in [1.82, 2.24) is 15.0 Å². The molecule has 0 aromatic carbocycles. The van der Waals surface area contributed by atoms with E-state index in [1.165, 1.54) is 4.68 Å². The maximum absolute atomic E-state index is 11.8. The van der Waals surface area contributed by atoms with Crippen molar-refractivity contribution in [3.63, 3.8) is 0 Å². The number of hydrogen-bond acceptors (Lipinski definition) is 4. The molecule has 1 unspecified atom stereocenters. The van der Waals surface area contributed by atoms with Gasteiger partial charge in [-0.2, -0.15) is 13.2 Å². The van der Waals surface area contributed by atoms with E-state index in [2.05, 4.69) is 15.0 Å². The van der Waals surface area contributed by atoms with Crippen molar-refractivity contribution >= 4 is 0 Å². The Morgan fingerprint density at radius 3 is 2.83 bits per heavy atom. The topological polar surface area (TPSA) is 66.0 Å². The van der Waals surface area contributed by atoms with Gasteiger partial charge in [-0.05, 0) is 6.42 Å². The van der Waals surface area contributed by atoms with Crippen LogP contribution in [0.1, 0.15) is 31.5 Å². The molecule has 0 spiro atoms. The van der Waals surface area contributed by atoms with E-state index in [9.17, 15) is 13.2 Å². The highest BCUT2D eigenvalue weighted by Gasteiger charge is 2.27. The van der Waals surface area contributed by atoms with Crippen LogP contribution >= 0.6 is 0 Å². The van der Waals surface area contributed by atoms with Crippen molar-refractivity contribution in [2.75, 3.05) is 13.2 Å². The van der Waals surface area contributed by atoms with Crippen LogP contribution in [0.2, 0.25) is 0 Å². The average Bonchev–Trinajstić information content (AvgIpc) is 2.72. The molecule has 2 N–H and O–H groups in total. The largest absolute Gasteiger partial charge is 0.411 e. The van der Waals surface area contributed by atoms with Gasteiger partial charge in [0, 0.05) is 0 Å². The van der Waals surface area contributed by atoms with Crippen LogP contribution in [-0.2, 0) is 11.3 Å². The van der Waals surface area contributed by atoms with E-state index in [0.29, 0.717) is 5.69 Å². The molecule has 0 aliphatic rings. The first-order chi connectivity index (χ1) is 8.42. The highest BCUT2D eigenvalue weighted by Crippen LogP contribution is 2.14. The minimum atomic E-state index is -4.29. The lowest BCUT2D eigenvalue weighted by Gasteiger charge is -2.07. The highest BCUT2D eigenvalue weighted by molar-refractivity contribution is 4.99. The van der Waals surface area contributed by atoms with Gasteiger partial charge in [-0.3, -0.25) is 0 Å². The van der Waals surface area contributed by atoms with Crippen molar-refractivity contribution < 1.29 is 17.9 Å². The normalized spacial score (nSPS) is 13.8. The molecule has 0 fully saturated rings. The first-order valence-corrected chi connectivity index (χ1v) is 5.72. The summed E-state index contributed by atoms with van der Waals surface area (Å²) in [5, 5.41) is 7.65. The van der Waals surface area contributed by atoms with Crippen LogP contribution in [0, 0.1) is 0 Å². The molecule has 1 heterocycles. The first-order valence-electron chi connectivity index (χ1n) is 5.72. The van der Waals surface area contributed by atoms with E-state index in [0.717, 1.165) is 12.8 Å². The van der Waals surface area contributed by atoms with Gasteiger partial charge in [0.2, 0.25) is 0 Å². The Balaban J connectivity index is 2.31. The quantitative estimate of drug-likeness (QED) is 0.762. The summed E-state index contributed by atoms with van der Waals surface area (Å²) in [5.41, 5.74) is 6.48. The number of aromatic nitrogens is 3. The van der Waals surface area contributed by atoms with Crippen molar-refractivity contribution in [3.8, 4) is 0 Å². The summed E-state index contributed by atoms with van der Waals surface area (Å²) in [4.78, 5) is 0. The lowest BCUT2D eigenvalue weighted by atomic mass is 10.1. The van der Waals surface area contributed by atoms with Gasteiger partial charge < -0.3 is 10.5 Å². The number of rotatable bonds is 7. The van der Waals surface area contributed by atoms with Gasteiger partial charge in [0.1, 0.15) is 6.61 Å². The van der Waals surface area contributed by atoms with Crippen molar-refractivity contribution in [3.05, 3.63) is 11.9 Å². The van der Waals surface area contributed by atoms with E-state index in [1.54, 1.807) is 6.20 Å². The van der Waals surface area contributed by atoms with Crippen LogP contribution in [0.25, 0.3) is 0 Å². The number of hydrogen-bond donors (Lipinski definition) is 1. The second-order valence-corrected chi connectivity index (χ2v) is 3.97. The third-order valence-electron chi connectivity index (χ3n) is 2.27. The Kier molecular flexibility index (Phi) is 5.54. The molecule has 0 saturated heterocycles. The Labute approximate surface area is 103 Å². The van der Waals surface area contributed by atoms with E-state index >= 15 is 0 Å². The fourth-order valence-electron chi connectivity index (χ4n) is 1.40. The molecule has 18 heavy (non-hydrogen) atoms. The van der Waals surface area contributed by atoms with Gasteiger partial charge in [-0.1, -0.05) is 18.6 Å². The predicted octanol–water partition coefficient (Wildman–Crippen LogP) is 1.66. The van der Waals surface area contributed by atoms with Crippen LogP contribution in [0.15, 0.2) is 6.20 Å². The van der Waals surface area contributed by atoms with Gasteiger partial charge in [-0.15, -0.1) is 5.10 Å². The Morgan fingerprint density at radius 1 is 1.50 bits per heavy atom. The number of ether oxygens (including phenoxy) is 1. The molecule has 0 amide bonds. The zero-order valence-corrected chi connectivity index (χ0v) is 10.2. The van der Waals surface area contributed by atoms with Crippen LogP contribution in [0.4, 0.5) is 13.2 Å². The highest BCUT2D eigenvalue weighted by atomic mass is 19.4. The average molecular weight is 266 g/mol. The zero-order chi connectivity index (χ0) is 13.6. The van der Waals surface area contributed by atoms with Crippen LogP contribution < -0.4 is 5.73 Å². The van der Waals surface area contributed by atoms with Crippen LogP contribution in [-0.4, -0.2) is 34.4 Å². The SMILES string of the molecule is CCCC(N)c1cn(CCOCC(F)(F)F)nn1. The summed E-state index contributed by atoms with van der Waals surface area (Å²) >= 11 is 0. The molecule has 0 radical (unpaired) electrons. The summed E-state index contributed by atoms with van der Waals surface area (Å²) in [6.07, 6.45) is -0.930. The molecule has 8 heteroatoms. The first kappa shape index (κ1) is 14.9. The third-order valence-corrected chi connectivity index (χ3v) is 2.27. The van der Waals surface area contributed by atoms with Gasteiger partial charge in [0.15, 0.2) is 0 Å². The zero-order valence-electron chi connectivity index (χ0n) is 10.2. The second-order valence-electron chi connectivity index (χ2n) is 3.97. The summed E-state index contributed by atoms with van der Waals surface area (Å²) in [6.45, 7) is 0.923. The van der Waals surface area contributed by atoms with E-state index in [-0.39, 0.29) is 19.2 Å². The molecule has 5 nitrogen and oxygen atoms in total.